The summed E-state index contributed by atoms with van der Waals surface area (Å²) in [7, 11) is -3.39. The van der Waals surface area contributed by atoms with Crippen molar-refractivity contribution in [3.63, 3.8) is 0 Å². The monoisotopic (exact) mass is 567 g/mol. The minimum absolute atomic E-state index is 0.0265. The number of hydrogen-bond acceptors (Lipinski definition) is 8. The largest absolute Gasteiger partial charge is 0.388 e. The molecule has 3 heterocycles. The zero-order chi connectivity index (χ0) is 28.7. The lowest BCUT2D eigenvalue weighted by Crippen LogP contribution is -2.52. The number of aliphatic hydroxyl groups is 1. The number of aromatic nitrogens is 2. The molecule has 2 saturated carbocycles. The van der Waals surface area contributed by atoms with Crippen LogP contribution in [0.2, 0.25) is 0 Å². The van der Waals surface area contributed by atoms with Crippen LogP contribution in [-0.4, -0.2) is 70.3 Å². The summed E-state index contributed by atoms with van der Waals surface area (Å²) in [5, 5.41) is 13.5. The molecule has 1 amide bonds. The first-order chi connectivity index (χ1) is 18.8. The van der Waals surface area contributed by atoms with Crippen molar-refractivity contribution in [3.05, 3.63) is 36.0 Å². The molecule has 1 aromatic heterocycles. The van der Waals surface area contributed by atoms with Crippen LogP contribution in [0.3, 0.4) is 0 Å². The third-order valence-corrected chi connectivity index (χ3v) is 12.2. The molecular formula is C30H41N5O4S. The zero-order valence-electron chi connectivity index (χ0n) is 24.1. The first kappa shape index (κ1) is 27.6. The van der Waals surface area contributed by atoms with Crippen LogP contribution in [0.5, 0.6) is 0 Å². The Bertz CT molecular complexity index is 1410. The van der Waals surface area contributed by atoms with Gasteiger partial charge in [0.1, 0.15) is 5.82 Å². The van der Waals surface area contributed by atoms with E-state index < -0.39 is 26.9 Å². The highest BCUT2D eigenvalue weighted by atomic mass is 32.2. The van der Waals surface area contributed by atoms with Gasteiger partial charge in [0.2, 0.25) is 11.9 Å². The van der Waals surface area contributed by atoms with Crippen molar-refractivity contribution in [3.8, 4) is 0 Å². The average molecular weight is 568 g/mol. The Labute approximate surface area is 237 Å². The lowest BCUT2D eigenvalue weighted by atomic mass is 9.63. The van der Waals surface area contributed by atoms with E-state index in [-0.39, 0.29) is 16.6 Å². The van der Waals surface area contributed by atoms with Gasteiger partial charge in [-0.15, -0.1) is 0 Å². The number of hydrogen-bond donors (Lipinski definition) is 2. The van der Waals surface area contributed by atoms with E-state index in [1.807, 2.05) is 6.92 Å². The number of carbonyl (C=O) groups excluding carboxylic acids is 1. The number of nitrogens with zero attached hydrogens (tertiary/aromatic N) is 4. The molecule has 4 aliphatic rings. The molecule has 1 unspecified atom stereocenters. The van der Waals surface area contributed by atoms with E-state index in [0.29, 0.717) is 28.4 Å². The normalized spacial score (nSPS) is 23.0. The fraction of sp³-hybridized carbons (Fsp3) is 0.633. The average Bonchev–Trinajstić information content (AvgIpc) is 3.65. The number of piperidine rings is 1. The van der Waals surface area contributed by atoms with Crippen LogP contribution in [0.25, 0.3) is 0 Å². The number of anilines is 3. The topological polar surface area (TPSA) is 116 Å². The minimum Gasteiger partial charge on any atom is -0.388 e. The lowest BCUT2D eigenvalue weighted by Gasteiger charge is -2.52. The van der Waals surface area contributed by atoms with Gasteiger partial charge in [-0.05, 0) is 116 Å². The Morgan fingerprint density at radius 3 is 2.23 bits per heavy atom. The Morgan fingerprint density at radius 2 is 1.68 bits per heavy atom. The number of likely N-dealkylation sites (tertiary alicyclic amines) is 1. The van der Waals surface area contributed by atoms with Crippen molar-refractivity contribution in [1.82, 2.24) is 14.9 Å². The third-order valence-electron chi connectivity index (χ3n) is 10.1. The number of carbonyl (C=O) groups is 1. The van der Waals surface area contributed by atoms with Crippen LogP contribution in [0, 0.1) is 5.41 Å². The molecule has 3 fully saturated rings. The fourth-order valence-electron chi connectivity index (χ4n) is 6.78. The number of sulfone groups is 1. The van der Waals surface area contributed by atoms with Crippen LogP contribution in [0.1, 0.15) is 78.7 Å². The van der Waals surface area contributed by atoms with E-state index in [2.05, 4.69) is 34.0 Å². The molecule has 1 atom stereocenters. The Balaban J connectivity index is 1.15. The number of fused-ring (bicyclic) bond motifs is 2. The van der Waals surface area contributed by atoms with Crippen LogP contribution in [0.4, 0.5) is 17.5 Å². The van der Waals surface area contributed by atoms with Gasteiger partial charge >= 0.3 is 0 Å². The predicted molar refractivity (Wildman–Crippen MR) is 154 cm³/mol. The molecular weight excluding hydrogens is 526 g/mol. The summed E-state index contributed by atoms with van der Waals surface area (Å²) in [5.41, 5.74) is 0.00606. The van der Waals surface area contributed by atoms with Crippen molar-refractivity contribution in [2.24, 2.45) is 5.41 Å². The molecule has 1 aromatic carbocycles. The van der Waals surface area contributed by atoms with Crippen molar-refractivity contribution < 1.29 is 18.3 Å². The molecule has 2 aromatic rings. The molecule has 2 N–H and O–H groups in total. The predicted octanol–water partition coefficient (Wildman–Crippen LogP) is 4.18. The smallest absolute Gasteiger partial charge is 0.239 e. The molecule has 2 aliphatic heterocycles. The Kier molecular flexibility index (Phi) is 6.37. The lowest BCUT2D eigenvalue weighted by molar-refractivity contribution is -0.121. The van der Waals surface area contributed by atoms with Crippen LogP contribution >= 0.6 is 0 Å². The summed E-state index contributed by atoms with van der Waals surface area (Å²) in [6.45, 7) is 11.8. The highest BCUT2D eigenvalue weighted by Crippen LogP contribution is 2.57. The second kappa shape index (κ2) is 9.22. The molecule has 40 heavy (non-hydrogen) atoms. The molecule has 9 nitrogen and oxygen atoms in total. The van der Waals surface area contributed by atoms with E-state index in [1.54, 1.807) is 49.2 Å². The maximum absolute atomic E-state index is 13.4. The molecule has 6 rings (SSSR count). The first-order valence-corrected chi connectivity index (χ1v) is 16.1. The summed E-state index contributed by atoms with van der Waals surface area (Å²) >= 11 is 0. The summed E-state index contributed by atoms with van der Waals surface area (Å²) in [6.07, 6.45) is 6.91. The number of nitrogens with one attached hydrogen (secondary N) is 1. The highest BCUT2D eigenvalue weighted by molar-refractivity contribution is 7.92. The molecule has 0 bridgehead atoms. The van der Waals surface area contributed by atoms with Gasteiger partial charge in [-0.25, -0.2) is 13.4 Å². The maximum Gasteiger partial charge on any atom is 0.239 e. The SMILES string of the molecule is CC(C)N1CCC2(CC1)CC(S(=O)(=O)c1ccc(Nc3ncc4c(n3)N(C(C)C(C)(C)O)C(=O)C43CC3)cc1)C2. The summed E-state index contributed by atoms with van der Waals surface area (Å²) < 4.78 is 26.8. The van der Waals surface area contributed by atoms with Crippen molar-refractivity contribution in [2.75, 3.05) is 23.3 Å². The van der Waals surface area contributed by atoms with Crippen molar-refractivity contribution >= 4 is 33.2 Å². The quantitative estimate of drug-likeness (QED) is 0.512. The van der Waals surface area contributed by atoms with E-state index in [0.717, 1.165) is 57.2 Å². The minimum atomic E-state index is -3.39. The van der Waals surface area contributed by atoms with Gasteiger partial charge in [-0.3, -0.25) is 9.69 Å². The summed E-state index contributed by atoms with van der Waals surface area (Å²) in [6, 6.07) is 6.87. The van der Waals surface area contributed by atoms with Gasteiger partial charge in [0.25, 0.3) is 0 Å². The van der Waals surface area contributed by atoms with Gasteiger partial charge < -0.3 is 15.3 Å². The Morgan fingerprint density at radius 1 is 1.05 bits per heavy atom. The molecule has 2 spiro atoms. The highest BCUT2D eigenvalue weighted by Gasteiger charge is 2.62. The van der Waals surface area contributed by atoms with Crippen LogP contribution in [-0.2, 0) is 20.0 Å². The van der Waals surface area contributed by atoms with Gasteiger partial charge in [-0.1, -0.05) is 0 Å². The fourth-order valence-corrected chi connectivity index (χ4v) is 8.82. The van der Waals surface area contributed by atoms with E-state index >= 15 is 0 Å². The van der Waals surface area contributed by atoms with E-state index in [9.17, 15) is 18.3 Å². The number of rotatable bonds is 7. The first-order valence-electron chi connectivity index (χ1n) is 14.5. The second-order valence-corrected chi connectivity index (χ2v) is 15.6. The standard InChI is InChI=1S/C30H41N5O4S/c1-19(2)34-14-12-29(13-15-34)16-23(17-29)40(38,39)22-8-6-21(7-9-22)32-27-31-18-24-25(33-27)35(20(3)28(4,5)37)26(36)30(24)10-11-30/h6-9,18-20,23,37H,10-17H2,1-5H3,(H,31,32,33). The van der Waals surface area contributed by atoms with E-state index in [1.165, 1.54) is 0 Å². The second-order valence-electron chi connectivity index (χ2n) is 13.4. The summed E-state index contributed by atoms with van der Waals surface area (Å²) in [5.74, 6) is 0.829. The maximum atomic E-state index is 13.4. The third kappa shape index (κ3) is 4.43. The zero-order valence-corrected chi connectivity index (χ0v) is 25.0. The van der Waals surface area contributed by atoms with Crippen LogP contribution < -0.4 is 10.2 Å². The molecule has 1 saturated heterocycles. The van der Waals surface area contributed by atoms with E-state index in [4.69, 9.17) is 0 Å². The number of benzene rings is 1. The van der Waals surface area contributed by atoms with Gasteiger partial charge in [0.05, 0.1) is 27.2 Å². The molecule has 2 aliphatic carbocycles. The number of amides is 1. The molecule has 0 radical (unpaired) electrons. The van der Waals surface area contributed by atoms with Gasteiger partial charge in [-0.2, -0.15) is 4.98 Å². The Hall–Kier alpha value is -2.56. The van der Waals surface area contributed by atoms with Crippen LogP contribution in [0.15, 0.2) is 35.4 Å². The summed E-state index contributed by atoms with van der Waals surface area (Å²) in [4.78, 5) is 26.9. The molecule has 10 heteroatoms. The molecule has 216 valence electrons. The van der Waals surface area contributed by atoms with Crippen molar-refractivity contribution in [1.29, 1.82) is 0 Å². The van der Waals surface area contributed by atoms with Gasteiger partial charge in [0, 0.05) is 23.5 Å². The van der Waals surface area contributed by atoms with Gasteiger partial charge in [0.15, 0.2) is 9.84 Å². The van der Waals surface area contributed by atoms with Crippen molar-refractivity contribution in [2.45, 2.75) is 106 Å².